The standard InChI is InChI=1S/C21H27N3O3S/c1-15-10-18(13-20(11-15)24(2)28(3,26)27)21(25)22-9-8-19-12-16-6-4-5-7-17(16)14-23-19/h4-7,10-11,13,19,23H,8-9,12,14H2,1-3H3,(H,22,25). The number of anilines is 1. The van der Waals surface area contributed by atoms with Crippen molar-refractivity contribution < 1.29 is 13.2 Å². The molecule has 1 aliphatic rings. The molecule has 7 heteroatoms. The number of hydrogen-bond donors (Lipinski definition) is 2. The van der Waals surface area contributed by atoms with Crippen molar-refractivity contribution in [3.63, 3.8) is 0 Å². The van der Waals surface area contributed by atoms with Crippen LogP contribution in [0.15, 0.2) is 42.5 Å². The van der Waals surface area contributed by atoms with Gasteiger partial charge in [0.25, 0.3) is 5.91 Å². The summed E-state index contributed by atoms with van der Waals surface area (Å²) in [6.07, 6.45) is 2.94. The van der Waals surface area contributed by atoms with Gasteiger partial charge in [-0.1, -0.05) is 24.3 Å². The van der Waals surface area contributed by atoms with Crippen molar-refractivity contribution in [3.05, 3.63) is 64.7 Å². The molecule has 1 atom stereocenters. The number of carbonyl (C=O) groups is 1. The van der Waals surface area contributed by atoms with Crippen LogP contribution in [0.5, 0.6) is 0 Å². The normalized spacial score (nSPS) is 16.3. The van der Waals surface area contributed by atoms with Crippen LogP contribution in [0.3, 0.4) is 0 Å². The van der Waals surface area contributed by atoms with Crippen LogP contribution in [0.1, 0.15) is 33.5 Å². The number of amides is 1. The zero-order valence-electron chi connectivity index (χ0n) is 16.5. The van der Waals surface area contributed by atoms with Crippen LogP contribution in [0.4, 0.5) is 5.69 Å². The summed E-state index contributed by atoms with van der Waals surface area (Å²) < 4.78 is 24.7. The van der Waals surface area contributed by atoms with Crippen LogP contribution in [0, 0.1) is 6.92 Å². The topological polar surface area (TPSA) is 78.5 Å². The van der Waals surface area contributed by atoms with E-state index >= 15 is 0 Å². The maximum absolute atomic E-state index is 12.6. The Morgan fingerprint density at radius 1 is 1.21 bits per heavy atom. The highest BCUT2D eigenvalue weighted by Gasteiger charge is 2.18. The molecule has 0 saturated heterocycles. The molecule has 0 spiro atoms. The Hall–Kier alpha value is -2.38. The fraction of sp³-hybridized carbons (Fsp3) is 0.381. The predicted octanol–water partition coefficient (Wildman–Crippen LogP) is 2.23. The maximum Gasteiger partial charge on any atom is 0.251 e. The summed E-state index contributed by atoms with van der Waals surface area (Å²) in [6, 6.07) is 13.9. The highest BCUT2D eigenvalue weighted by atomic mass is 32.2. The second kappa shape index (κ2) is 8.32. The lowest BCUT2D eigenvalue weighted by Crippen LogP contribution is -2.38. The van der Waals surface area contributed by atoms with Gasteiger partial charge in [-0.05, 0) is 54.7 Å². The molecule has 1 heterocycles. The average molecular weight is 402 g/mol. The van der Waals surface area contributed by atoms with Crippen molar-refractivity contribution in [1.29, 1.82) is 0 Å². The van der Waals surface area contributed by atoms with Gasteiger partial charge in [0.05, 0.1) is 11.9 Å². The minimum Gasteiger partial charge on any atom is -0.352 e. The molecule has 2 N–H and O–H groups in total. The highest BCUT2D eigenvalue weighted by Crippen LogP contribution is 2.20. The van der Waals surface area contributed by atoms with Crippen molar-refractivity contribution in [2.75, 3.05) is 24.2 Å². The van der Waals surface area contributed by atoms with Crippen LogP contribution in [-0.2, 0) is 23.0 Å². The number of hydrogen-bond acceptors (Lipinski definition) is 4. The van der Waals surface area contributed by atoms with Crippen molar-refractivity contribution in [3.8, 4) is 0 Å². The van der Waals surface area contributed by atoms with E-state index in [0.29, 0.717) is 23.8 Å². The summed E-state index contributed by atoms with van der Waals surface area (Å²) in [7, 11) is -1.89. The minimum atomic E-state index is -3.38. The summed E-state index contributed by atoms with van der Waals surface area (Å²) in [5.41, 5.74) is 4.49. The molecule has 0 saturated carbocycles. The van der Waals surface area contributed by atoms with E-state index in [1.54, 1.807) is 18.2 Å². The molecule has 1 aliphatic heterocycles. The number of fused-ring (bicyclic) bond motifs is 1. The van der Waals surface area contributed by atoms with Crippen LogP contribution < -0.4 is 14.9 Å². The second-order valence-corrected chi connectivity index (χ2v) is 9.40. The Morgan fingerprint density at radius 2 is 1.93 bits per heavy atom. The zero-order chi connectivity index (χ0) is 20.3. The molecule has 0 fully saturated rings. The molecular formula is C21H27N3O3S. The van der Waals surface area contributed by atoms with E-state index in [9.17, 15) is 13.2 Å². The lowest BCUT2D eigenvalue weighted by molar-refractivity contribution is 0.0952. The quantitative estimate of drug-likeness (QED) is 0.778. The first-order valence-electron chi connectivity index (χ1n) is 9.38. The van der Waals surface area contributed by atoms with Gasteiger partial charge >= 0.3 is 0 Å². The van der Waals surface area contributed by atoms with Gasteiger partial charge < -0.3 is 10.6 Å². The number of carbonyl (C=O) groups excluding carboxylic acids is 1. The van der Waals surface area contributed by atoms with E-state index in [-0.39, 0.29) is 5.91 Å². The van der Waals surface area contributed by atoms with Crippen molar-refractivity contribution in [2.45, 2.75) is 32.4 Å². The first-order valence-corrected chi connectivity index (χ1v) is 11.2. The first-order chi connectivity index (χ1) is 13.2. The number of sulfonamides is 1. The van der Waals surface area contributed by atoms with Gasteiger partial charge in [-0.25, -0.2) is 8.42 Å². The van der Waals surface area contributed by atoms with Gasteiger partial charge in [0, 0.05) is 31.7 Å². The highest BCUT2D eigenvalue weighted by molar-refractivity contribution is 7.92. The lowest BCUT2D eigenvalue weighted by atomic mass is 9.94. The number of rotatable bonds is 6. The number of nitrogens with zero attached hydrogens (tertiary/aromatic N) is 1. The third-order valence-corrected chi connectivity index (χ3v) is 6.34. The van der Waals surface area contributed by atoms with Gasteiger partial charge in [0.1, 0.15) is 0 Å². The third-order valence-electron chi connectivity index (χ3n) is 5.13. The number of nitrogens with one attached hydrogen (secondary N) is 2. The Bertz CT molecular complexity index is 973. The van der Waals surface area contributed by atoms with Gasteiger partial charge in [0.15, 0.2) is 0 Å². The molecule has 1 unspecified atom stereocenters. The molecule has 1 amide bonds. The van der Waals surface area contributed by atoms with Crippen LogP contribution in [0.25, 0.3) is 0 Å². The van der Waals surface area contributed by atoms with Gasteiger partial charge in [0.2, 0.25) is 10.0 Å². The number of aryl methyl sites for hydroxylation is 1. The Balaban J connectivity index is 1.59. The second-order valence-electron chi connectivity index (χ2n) is 7.38. The molecule has 3 rings (SSSR count). The lowest BCUT2D eigenvalue weighted by Gasteiger charge is -2.26. The molecule has 0 bridgehead atoms. The fourth-order valence-corrected chi connectivity index (χ4v) is 3.94. The van der Waals surface area contributed by atoms with Crippen molar-refractivity contribution >= 4 is 21.6 Å². The summed E-state index contributed by atoms with van der Waals surface area (Å²) in [5.74, 6) is -0.192. The molecular weight excluding hydrogens is 374 g/mol. The summed E-state index contributed by atoms with van der Waals surface area (Å²) in [6.45, 7) is 3.26. The van der Waals surface area contributed by atoms with Crippen molar-refractivity contribution in [1.82, 2.24) is 10.6 Å². The first kappa shape index (κ1) is 20.4. The Labute approximate surface area is 167 Å². The van der Waals surface area contributed by atoms with Crippen LogP contribution >= 0.6 is 0 Å². The molecule has 28 heavy (non-hydrogen) atoms. The maximum atomic E-state index is 12.6. The predicted molar refractivity (Wildman–Crippen MR) is 112 cm³/mol. The molecule has 0 radical (unpaired) electrons. The summed E-state index contributed by atoms with van der Waals surface area (Å²) in [4.78, 5) is 12.6. The zero-order valence-corrected chi connectivity index (χ0v) is 17.3. The molecule has 150 valence electrons. The smallest absolute Gasteiger partial charge is 0.251 e. The molecule has 0 aliphatic carbocycles. The van der Waals surface area contributed by atoms with Gasteiger partial charge in [-0.15, -0.1) is 0 Å². The largest absolute Gasteiger partial charge is 0.352 e. The van der Waals surface area contributed by atoms with Gasteiger partial charge in [-0.2, -0.15) is 0 Å². The van der Waals surface area contributed by atoms with Crippen LogP contribution in [0.2, 0.25) is 0 Å². The van der Waals surface area contributed by atoms with E-state index in [2.05, 4.69) is 34.9 Å². The summed E-state index contributed by atoms with van der Waals surface area (Å²) >= 11 is 0. The van der Waals surface area contributed by atoms with E-state index < -0.39 is 10.0 Å². The third kappa shape index (κ3) is 4.91. The summed E-state index contributed by atoms with van der Waals surface area (Å²) in [5, 5.41) is 6.47. The van der Waals surface area contributed by atoms with E-state index in [0.717, 1.165) is 31.2 Å². The SMILES string of the molecule is Cc1cc(C(=O)NCCC2Cc3ccccc3CN2)cc(N(C)S(C)(=O)=O)c1. The Kier molecular flexibility index (Phi) is 6.05. The van der Waals surface area contributed by atoms with Gasteiger partial charge in [-0.3, -0.25) is 9.10 Å². The fourth-order valence-electron chi connectivity index (χ4n) is 3.45. The average Bonchev–Trinajstić information content (AvgIpc) is 2.66. The van der Waals surface area contributed by atoms with Crippen molar-refractivity contribution in [2.24, 2.45) is 0 Å². The molecule has 2 aromatic rings. The minimum absolute atomic E-state index is 0.192. The molecule has 0 aromatic heterocycles. The van der Waals surface area contributed by atoms with E-state index in [4.69, 9.17) is 0 Å². The van der Waals surface area contributed by atoms with E-state index in [1.165, 1.54) is 22.5 Å². The molecule has 6 nitrogen and oxygen atoms in total. The molecule has 2 aromatic carbocycles. The van der Waals surface area contributed by atoms with E-state index in [1.807, 2.05) is 6.92 Å². The Morgan fingerprint density at radius 3 is 2.64 bits per heavy atom. The monoisotopic (exact) mass is 401 g/mol. The number of benzene rings is 2. The van der Waals surface area contributed by atoms with Crippen LogP contribution in [-0.4, -0.2) is 40.2 Å².